The maximum absolute atomic E-state index is 13.8. The van der Waals surface area contributed by atoms with Gasteiger partial charge in [0.1, 0.15) is 22.1 Å². The molecule has 1 aromatic heterocycles. The van der Waals surface area contributed by atoms with E-state index < -0.39 is 45.3 Å². The summed E-state index contributed by atoms with van der Waals surface area (Å²) in [4.78, 5) is 35.7. The van der Waals surface area contributed by atoms with E-state index in [2.05, 4.69) is 0 Å². The number of esters is 1. The number of hydrogen-bond donors (Lipinski definition) is 0. The largest absolute Gasteiger partial charge is 0.453 e. The minimum atomic E-state index is -5.09. The third kappa shape index (κ3) is 5.26. The maximum atomic E-state index is 13.8. The number of carbonyl (C=O) groups excluding carboxylic acids is 1. The number of nitro benzene ring substituents is 1. The van der Waals surface area contributed by atoms with E-state index in [4.69, 9.17) is 25.5 Å². The number of rotatable bonds is 5. The molecule has 0 bridgehead atoms. The fourth-order valence-corrected chi connectivity index (χ4v) is 3.56. The Morgan fingerprint density at radius 2 is 1.78 bits per heavy atom. The number of hydrogen-bond acceptors (Lipinski definition) is 7. The molecule has 4 aromatic rings. The van der Waals surface area contributed by atoms with Gasteiger partial charge in [-0.05, 0) is 55.3 Å². The molecule has 0 unspecified atom stereocenters. The molecule has 4 rings (SSSR count). The van der Waals surface area contributed by atoms with Crippen LogP contribution >= 0.6 is 11.6 Å². The van der Waals surface area contributed by atoms with Crippen molar-refractivity contribution in [2.75, 3.05) is 0 Å². The van der Waals surface area contributed by atoms with E-state index in [-0.39, 0.29) is 27.5 Å². The summed E-state index contributed by atoms with van der Waals surface area (Å²) in [6.07, 6.45) is -5.09. The first-order valence-electron chi connectivity index (χ1n) is 10.4. The Bertz CT molecular complexity index is 1630. The average molecular weight is 534 g/mol. The van der Waals surface area contributed by atoms with Crippen LogP contribution < -0.4 is 14.9 Å². The molecule has 12 heteroatoms. The van der Waals surface area contributed by atoms with Crippen LogP contribution in [0.15, 0.2) is 63.8 Å². The van der Waals surface area contributed by atoms with E-state index in [1.54, 1.807) is 26.0 Å². The molecular weight excluding hydrogens is 519 g/mol. The number of alkyl halides is 3. The van der Waals surface area contributed by atoms with Crippen molar-refractivity contribution in [2.24, 2.45) is 0 Å². The number of halogens is 4. The smallest absolute Gasteiger partial charge is 0.449 e. The number of carbonyl (C=O) groups is 1. The molecule has 0 aliphatic heterocycles. The predicted molar refractivity (Wildman–Crippen MR) is 127 cm³/mol. The van der Waals surface area contributed by atoms with Gasteiger partial charge in [-0.1, -0.05) is 23.7 Å². The molecule has 3 aromatic carbocycles. The van der Waals surface area contributed by atoms with E-state index in [1.807, 2.05) is 0 Å². The first kappa shape index (κ1) is 25.7. The van der Waals surface area contributed by atoms with E-state index in [0.717, 1.165) is 30.3 Å². The molecule has 0 atom stereocenters. The molecule has 0 radical (unpaired) electrons. The Kier molecular flexibility index (Phi) is 6.66. The van der Waals surface area contributed by atoms with Crippen molar-refractivity contribution in [3.05, 3.63) is 102 Å². The van der Waals surface area contributed by atoms with Gasteiger partial charge in [-0.25, -0.2) is 4.79 Å². The highest BCUT2D eigenvalue weighted by atomic mass is 35.5. The van der Waals surface area contributed by atoms with Gasteiger partial charge in [-0.15, -0.1) is 0 Å². The number of aryl methyl sites for hydroxylation is 2. The van der Waals surface area contributed by atoms with Crippen LogP contribution in [0.25, 0.3) is 11.0 Å². The van der Waals surface area contributed by atoms with Crippen molar-refractivity contribution in [2.45, 2.75) is 20.0 Å². The Balaban J connectivity index is 1.75. The van der Waals surface area contributed by atoms with Crippen LogP contribution in [0.1, 0.15) is 27.2 Å². The fourth-order valence-electron chi connectivity index (χ4n) is 3.37. The molecule has 0 saturated carbocycles. The summed E-state index contributed by atoms with van der Waals surface area (Å²) >= 11 is 5.73. The zero-order chi connectivity index (χ0) is 27.1. The SMILES string of the molecule is Cc1ccc(C)c(Oc2c(C(F)(F)F)oc3cc(OC(=O)c4ccc(Cl)c([N+](=O)[O-])c4)ccc3c2=O)c1. The quantitative estimate of drug-likeness (QED) is 0.117. The van der Waals surface area contributed by atoms with Gasteiger partial charge >= 0.3 is 12.1 Å². The zero-order valence-electron chi connectivity index (χ0n) is 19.0. The molecule has 0 N–H and O–H groups in total. The normalized spacial score (nSPS) is 11.4. The monoisotopic (exact) mass is 533 g/mol. The third-order valence-corrected chi connectivity index (χ3v) is 5.54. The Morgan fingerprint density at radius 1 is 1.05 bits per heavy atom. The van der Waals surface area contributed by atoms with E-state index >= 15 is 0 Å². The topological polar surface area (TPSA) is 109 Å². The minimum Gasteiger partial charge on any atom is -0.449 e. The Hall–Kier alpha value is -4.38. The summed E-state index contributed by atoms with van der Waals surface area (Å²) in [5.41, 5.74) is -1.16. The highest BCUT2D eigenvalue weighted by molar-refractivity contribution is 6.32. The van der Waals surface area contributed by atoms with Crippen LogP contribution in [0.3, 0.4) is 0 Å². The standard InChI is InChI=1S/C25H15ClF3NO7/c1-12-3-4-13(2)19(9-12)36-22-21(31)16-7-6-15(11-20(16)37-23(22)25(27,28)29)35-24(32)14-5-8-17(26)18(10-14)30(33)34/h3-11H,1-2H3. The van der Waals surface area contributed by atoms with Gasteiger partial charge in [0.05, 0.1) is 15.9 Å². The summed E-state index contributed by atoms with van der Waals surface area (Å²) in [6.45, 7) is 3.32. The van der Waals surface area contributed by atoms with E-state index in [1.165, 1.54) is 12.1 Å². The fraction of sp³-hybridized carbons (Fsp3) is 0.120. The number of fused-ring (bicyclic) bond motifs is 1. The minimum absolute atomic E-state index is 0.0553. The molecule has 0 fully saturated rings. The summed E-state index contributed by atoms with van der Waals surface area (Å²) in [6, 6.07) is 11.3. The van der Waals surface area contributed by atoms with Crippen LogP contribution in [0.5, 0.6) is 17.2 Å². The van der Waals surface area contributed by atoms with Crippen LogP contribution in [-0.2, 0) is 6.18 Å². The van der Waals surface area contributed by atoms with Gasteiger partial charge in [0.25, 0.3) is 11.4 Å². The van der Waals surface area contributed by atoms with Crippen molar-refractivity contribution >= 4 is 34.2 Å². The van der Waals surface area contributed by atoms with Crippen LogP contribution in [0, 0.1) is 24.0 Å². The van der Waals surface area contributed by atoms with Crippen molar-refractivity contribution in [1.29, 1.82) is 0 Å². The van der Waals surface area contributed by atoms with Crippen LogP contribution in [0.2, 0.25) is 5.02 Å². The highest BCUT2D eigenvalue weighted by Crippen LogP contribution is 2.39. The van der Waals surface area contributed by atoms with Gasteiger partial charge in [0, 0.05) is 12.1 Å². The first-order chi connectivity index (χ1) is 17.3. The maximum Gasteiger partial charge on any atom is 0.453 e. The van der Waals surface area contributed by atoms with Gasteiger partial charge in [0.15, 0.2) is 0 Å². The molecule has 0 spiro atoms. The van der Waals surface area contributed by atoms with Crippen molar-refractivity contribution in [1.82, 2.24) is 0 Å². The van der Waals surface area contributed by atoms with Crippen molar-refractivity contribution < 1.29 is 36.8 Å². The second-order valence-corrected chi connectivity index (χ2v) is 8.34. The lowest BCUT2D eigenvalue weighted by molar-refractivity contribution is -0.384. The van der Waals surface area contributed by atoms with Gasteiger partial charge in [-0.2, -0.15) is 13.2 Å². The Labute approximate surface area is 210 Å². The van der Waals surface area contributed by atoms with Gasteiger partial charge < -0.3 is 13.9 Å². The molecule has 0 amide bonds. The lowest BCUT2D eigenvalue weighted by Crippen LogP contribution is -2.16. The Morgan fingerprint density at radius 3 is 2.46 bits per heavy atom. The average Bonchev–Trinajstić information content (AvgIpc) is 2.82. The number of nitro groups is 1. The van der Waals surface area contributed by atoms with E-state index in [9.17, 15) is 32.9 Å². The number of ether oxygens (including phenoxy) is 2. The summed E-state index contributed by atoms with van der Waals surface area (Å²) in [5.74, 6) is -3.96. The number of nitrogens with zero attached hydrogens (tertiary/aromatic N) is 1. The molecule has 8 nitrogen and oxygen atoms in total. The third-order valence-electron chi connectivity index (χ3n) is 5.22. The van der Waals surface area contributed by atoms with Crippen LogP contribution in [-0.4, -0.2) is 10.9 Å². The van der Waals surface area contributed by atoms with Gasteiger partial charge in [0.2, 0.25) is 11.2 Å². The van der Waals surface area contributed by atoms with E-state index in [0.29, 0.717) is 11.1 Å². The molecule has 1 heterocycles. The number of benzene rings is 3. The second kappa shape index (κ2) is 9.58. The summed E-state index contributed by atoms with van der Waals surface area (Å²) < 4.78 is 57.1. The van der Waals surface area contributed by atoms with Gasteiger partial charge in [-0.3, -0.25) is 14.9 Å². The van der Waals surface area contributed by atoms with Crippen molar-refractivity contribution in [3.63, 3.8) is 0 Å². The summed E-state index contributed by atoms with van der Waals surface area (Å²) in [5, 5.41) is 10.6. The summed E-state index contributed by atoms with van der Waals surface area (Å²) in [7, 11) is 0. The zero-order valence-corrected chi connectivity index (χ0v) is 19.8. The molecule has 190 valence electrons. The second-order valence-electron chi connectivity index (χ2n) is 7.93. The van der Waals surface area contributed by atoms with Crippen molar-refractivity contribution in [3.8, 4) is 17.2 Å². The highest BCUT2D eigenvalue weighted by Gasteiger charge is 2.40. The lowest BCUT2D eigenvalue weighted by atomic mass is 10.1. The molecule has 37 heavy (non-hydrogen) atoms. The molecule has 0 saturated heterocycles. The molecular formula is C25H15ClF3NO7. The van der Waals surface area contributed by atoms with Crippen LogP contribution in [0.4, 0.5) is 18.9 Å². The first-order valence-corrected chi connectivity index (χ1v) is 10.8. The lowest BCUT2D eigenvalue weighted by Gasteiger charge is -2.15. The predicted octanol–water partition coefficient (Wildman–Crippen LogP) is 7.00. The molecule has 0 aliphatic carbocycles. The molecule has 0 aliphatic rings.